The second kappa shape index (κ2) is 5.20. The van der Waals surface area contributed by atoms with Crippen molar-refractivity contribution in [3.8, 4) is 5.75 Å². The maximum absolute atomic E-state index is 13.8. The number of rotatable bonds is 3. The van der Waals surface area contributed by atoms with E-state index in [0.717, 1.165) is 8.66 Å². The molecule has 0 radical (unpaired) electrons. The first-order valence-electron chi connectivity index (χ1n) is 5.17. The number of hydrogen-bond acceptors (Lipinski definition) is 3. The van der Waals surface area contributed by atoms with E-state index in [1.807, 2.05) is 6.92 Å². The molecule has 0 aliphatic heterocycles. The lowest BCUT2D eigenvalue weighted by atomic mass is 10.0. The monoisotopic (exact) mass is 328 g/mol. The van der Waals surface area contributed by atoms with Crippen LogP contribution in [0.15, 0.2) is 28.1 Å². The molecule has 0 aliphatic rings. The van der Waals surface area contributed by atoms with Gasteiger partial charge in [0, 0.05) is 16.5 Å². The highest BCUT2D eigenvalue weighted by Crippen LogP contribution is 2.29. The number of ketones is 1. The molecular formula is C13H10BrFO2S. The molecule has 0 N–H and O–H groups in total. The van der Waals surface area contributed by atoms with Gasteiger partial charge in [-0.1, -0.05) is 0 Å². The Labute approximate surface area is 117 Å². The minimum Gasteiger partial charge on any atom is -0.497 e. The third-order valence-electron chi connectivity index (χ3n) is 2.55. The highest BCUT2D eigenvalue weighted by Gasteiger charge is 2.18. The van der Waals surface area contributed by atoms with Gasteiger partial charge < -0.3 is 4.74 Å². The van der Waals surface area contributed by atoms with Crippen molar-refractivity contribution < 1.29 is 13.9 Å². The second-order valence-corrected chi connectivity index (χ2v) is 6.33. The fraction of sp³-hybridized carbons (Fsp3) is 0.154. The molecule has 0 aliphatic carbocycles. The van der Waals surface area contributed by atoms with Crippen molar-refractivity contribution in [3.63, 3.8) is 0 Å². The van der Waals surface area contributed by atoms with Crippen molar-refractivity contribution in [2.75, 3.05) is 7.11 Å². The van der Waals surface area contributed by atoms with Gasteiger partial charge in [-0.05, 0) is 41.1 Å². The van der Waals surface area contributed by atoms with Gasteiger partial charge in [-0.2, -0.15) is 0 Å². The van der Waals surface area contributed by atoms with E-state index >= 15 is 0 Å². The Balaban J connectivity index is 2.43. The number of aryl methyl sites for hydroxylation is 1. The summed E-state index contributed by atoms with van der Waals surface area (Å²) in [6.45, 7) is 1.84. The van der Waals surface area contributed by atoms with E-state index in [2.05, 4.69) is 15.9 Å². The first-order valence-corrected chi connectivity index (χ1v) is 6.78. The summed E-state index contributed by atoms with van der Waals surface area (Å²) < 4.78 is 19.6. The van der Waals surface area contributed by atoms with Gasteiger partial charge in [-0.25, -0.2) is 4.39 Å². The summed E-state index contributed by atoms with van der Waals surface area (Å²) >= 11 is 4.77. The van der Waals surface area contributed by atoms with Crippen LogP contribution < -0.4 is 4.74 Å². The van der Waals surface area contributed by atoms with Gasteiger partial charge >= 0.3 is 0 Å². The van der Waals surface area contributed by atoms with E-state index < -0.39 is 5.82 Å². The Morgan fingerprint density at radius 2 is 2.06 bits per heavy atom. The zero-order valence-electron chi connectivity index (χ0n) is 9.79. The summed E-state index contributed by atoms with van der Waals surface area (Å²) in [4.78, 5) is 13.1. The van der Waals surface area contributed by atoms with Gasteiger partial charge in [0.2, 0.25) is 0 Å². The summed E-state index contributed by atoms with van der Waals surface area (Å²) in [6, 6.07) is 5.95. The van der Waals surface area contributed by atoms with Crippen molar-refractivity contribution in [1.29, 1.82) is 0 Å². The van der Waals surface area contributed by atoms with Crippen molar-refractivity contribution in [2.45, 2.75) is 6.92 Å². The molecule has 0 atom stereocenters. The fourth-order valence-corrected chi connectivity index (χ4v) is 3.31. The number of carbonyl (C=O) groups excluding carboxylic acids is 1. The predicted octanol–water partition coefficient (Wildman–Crippen LogP) is 4.20. The molecule has 1 heterocycles. The number of halogens is 2. The Morgan fingerprint density at radius 1 is 1.33 bits per heavy atom. The number of methoxy groups -OCH3 is 1. The predicted molar refractivity (Wildman–Crippen MR) is 73.1 cm³/mol. The number of thiophene rings is 1. The van der Waals surface area contributed by atoms with E-state index in [-0.39, 0.29) is 11.3 Å². The summed E-state index contributed by atoms with van der Waals surface area (Å²) in [5.74, 6) is -0.483. The highest BCUT2D eigenvalue weighted by molar-refractivity contribution is 9.11. The Kier molecular flexibility index (Phi) is 3.82. The van der Waals surface area contributed by atoms with Crippen molar-refractivity contribution in [1.82, 2.24) is 0 Å². The number of benzene rings is 1. The molecule has 0 fully saturated rings. The summed E-state index contributed by atoms with van der Waals surface area (Å²) in [7, 11) is 1.45. The average molecular weight is 329 g/mol. The number of carbonyl (C=O) groups is 1. The van der Waals surface area contributed by atoms with Crippen LogP contribution in [0.3, 0.4) is 0 Å². The zero-order chi connectivity index (χ0) is 13.3. The van der Waals surface area contributed by atoms with Crippen LogP contribution >= 0.6 is 27.3 Å². The highest BCUT2D eigenvalue weighted by atomic mass is 79.9. The number of ether oxygens (including phenoxy) is 1. The lowest BCUT2D eigenvalue weighted by Gasteiger charge is -2.04. The van der Waals surface area contributed by atoms with Crippen LogP contribution in [0.1, 0.15) is 20.8 Å². The Bertz CT molecular complexity index is 607. The van der Waals surface area contributed by atoms with E-state index in [1.54, 1.807) is 12.1 Å². The van der Waals surface area contributed by atoms with Crippen LogP contribution in [0, 0.1) is 12.7 Å². The molecule has 0 saturated carbocycles. The molecule has 2 rings (SSSR count). The molecule has 1 aromatic heterocycles. The molecule has 0 saturated heterocycles. The number of hydrogen-bond donors (Lipinski definition) is 0. The molecule has 2 nitrogen and oxygen atoms in total. The Morgan fingerprint density at radius 3 is 2.56 bits per heavy atom. The largest absolute Gasteiger partial charge is 0.497 e. The minimum atomic E-state index is -0.568. The van der Waals surface area contributed by atoms with Crippen LogP contribution in [0.5, 0.6) is 5.75 Å². The molecule has 18 heavy (non-hydrogen) atoms. The van der Waals surface area contributed by atoms with Crippen LogP contribution in [-0.2, 0) is 0 Å². The SMILES string of the molecule is COc1ccc(C(=O)c2cc(Br)sc2C)c(F)c1. The topological polar surface area (TPSA) is 26.3 Å². The second-order valence-electron chi connectivity index (χ2n) is 3.70. The molecule has 0 spiro atoms. The maximum Gasteiger partial charge on any atom is 0.197 e. The lowest BCUT2D eigenvalue weighted by Crippen LogP contribution is -2.04. The molecular weight excluding hydrogens is 319 g/mol. The van der Waals surface area contributed by atoms with Gasteiger partial charge in [0.05, 0.1) is 16.5 Å². The smallest absolute Gasteiger partial charge is 0.197 e. The van der Waals surface area contributed by atoms with Gasteiger partial charge in [0.1, 0.15) is 11.6 Å². The van der Waals surface area contributed by atoms with E-state index in [4.69, 9.17) is 4.74 Å². The van der Waals surface area contributed by atoms with Gasteiger partial charge in [0.15, 0.2) is 5.78 Å². The van der Waals surface area contributed by atoms with E-state index in [9.17, 15) is 9.18 Å². The molecule has 0 bridgehead atoms. The van der Waals surface area contributed by atoms with Gasteiger partial charge in [0.25, 0.3) is 0 Å². The normalized spacial score (nSPS) is 10.4. The Hall–Kier alpha value is -1.20. The molecule has 1 aromatic carbocycles. The van der Waals surface area contributed by atoms with Crippen LogP contribution in [0.2, 0.25) is 0 Å². The minimum absolute atomic E-state index is 0.0594. The standard InChI is InChI=1S/C13H10BrFO2S/c1-7-10(6-12(14)18-7)13(16)9-4-3-8(17-2)5-11(9)15/h3-6H,1-2H3. The molecule has 94 valence electrons. The van der Waals surface area contributed by atoms with E-state index in [1.165, 1.54) is 30.6 Å². The summed E-state index contributed by atoms with van der Waals surface area (Å²) in [6.07, 6.45) is 0. The zero-order valence-corrected chi connectivity index (χ0v) is 12.2. The van der Waals surface area contributed by atoms with Crippen LogP contribution in [0.25, 0.3) is 0 Å². The third kappa shape index (κ3) is 2.47. The van der Waals surface area contributed by atoms with Gasteiger partial charge in [-0.3, -0.25) is 4.79 Å². The van der Waals surface area contributed by atoms with Crippen molar-refractivity contribution in [3.05, 3.63) is 49.9 Å². The molecule has 0 amide bonds. The maximum atomic E-state index is 13.8. The van der Waals surface area contributed by atoms with Crippen LogP contribution in [0.4, 0.5) is 4.39 Å². The average Bonchev–Trinajstić information content (AvgIpc) is 2.67. The molecule has 2 aromatic rings. The summed E-state index contributed by atoms with van der Waals surface area (Å²) in [5.41, 5.74) is 0.583. The quantitative estimate of drug-likeness (QED) is 0.789. The first-order chi connectivity index (χ1) is 8.52. The van der Waals surface area contributed by atoms with Crippen molar-refractivity contribution >= 4 is 33.0 Å². The summed E-state index contributed by atoms with van der Waals surface area (Å²) in [5, 5.41) is 0. The third-order valence-corrected chi connectivity index (χ3v) is 4.11. The van der Waals surface area contributed by atoms with Crippen LogP contribution in [-0.4, -0.2) is 12.9 Å². The van der Waals surface area contributed by atoms with Gasteiger partial charge in [-0.15, -0.1) is 11.3 Å². The fourth-order valence-electron chi connectivity index (χ4n) is 1.62. The van der Waals surface area contributed by atoms with E-state index in [0.29, 0.717) is 11.3 Å². The first kappa shape index (κ1) is 13.2. The molecule has 5 heteroatoms. The lowest BCUT2D eigenvalue weighted by molar-refractivity contribution is 0.103. The molecule has 0 unspecified atom stereocenters. The van der Waals surface area contributed by atoms with Crippen molar-refractivity contribution in [2.24, 2.45) is 0 Å².